The zero-order valence-corrected chi connectivity index (χ0v) is 17.3. The maximum absolute atomic E-state index is 13.8. The molecule has 1 N–H and O–H groups in total. The summed E-state index contributed by atoms with van der Waals surface area (Å²) >= 11 is 1.70. The summed E-state index contributed by atoms with van der Waals surface area (Å²) in [5.74, 6) is -0.511. The second kappa shape index (κ2) is 9.09. The van der Waals surface area contributed by atoms with Crippen LogP contribution in [0.3, 0.4) is 0 Å². The van der Waals surface area contributed by atoms with Gasteiger partial charge in [0.2, 0.25) is 0 Å². The van der Waals surface area contributed by atoms with Crippen LogP contribution in [0.1, 0.15) is 17.0 Å². The van der Waals surface area contributed by atoms with Crippen LogP contribution >= 0.6 is 11.3 Å². The van der Waals surface area contributed by atoms with Crippen molar-refractivity contribution in [3.8, 4) is 6.07 Å². The van der Waals surface area contributed by atoms with Crippen LogP contribution in [0, 0.1) is 17.1 Å². The molecule has 2 aromatic carbocycles. The molecule has 1 aliphatic rings. The number of nitriles is 1. The van der Waals surface area contributed by atoms with Crippen LogP contribution in [-0.2, 0) is 6.42 Å². The van der Waals surface area contributed by atoms with Gasteiger partial charge in [0.25, 0.3) is 0 Å². The highest BCUT2D eigenvalue weighted by molar-refractivity contribution is 7.18. The van der Waals surface area contributed by atoms with Gasteiger partial charge in [-0.2, -0.15) is 5.26 Å². The van der Waals surface area contributed by atoms with E-state index in [-0.39, 0.29) is 11.6 Å². The predicted molar refractivity (Wildman–Crippen MR) is 116 cm³/mol. The minimum absolute atomic E-state index is 0.0604. The maximum Gasteiger partial charge on any atom is 0.317 e. The molecule has 0 saturated carbocycles. The molecule has 3 aromatic rings. The van der Waals surface area contributed by atoms with Gasteiger partial charge >= 0.3 is 6.03 Å². The van der Waals surface area contributed by atoms with Crippen molar-refractivity contribution in [2.24, 2.45) is 0 Å². The van der Waals surface area contributed by atoms with E-state index in [0.717, 1.165) is 23.4 Å². The highest BCUT2D eigenvalue weighted by Gasteiger charge is 2.23. The fraction of sp³-hybridized carbons (Fsp3) is 0.318. The third-order valence-electron chi connectivity index (χ3n) is 5.19. The first-order chi connectivity index (χ1) is 14.7. The number of aromatic nitrogens is 1. The molecular formula is C22H22FN5OS. The number of amides is 2. The van der Waals surface area contributed by atoms with Crippen LogP contribution in [0.2, 0.25) is 0 Å². The SMILES string of the molecule is N#Cc1c(F)cccc1N1CCN(C(=O)NCCCc2nc3ccccc3s2)CC1. The first kappa shape index (κ1) is 20.1. The van der Waals surface area contributed by atoms with Crippen LogP contribution < -0.4 is 10.2 Å². The molecule has 1 aliphatic heterocycles. The summed E-state index contributed by atoms with van der Waals surface area (Å²) in [4.78, 5) is 20.8. The van der Waals surface area contributed by atoms with Gasteiger partial charge in [0.15, 0.2) is 0 Å². The smallest absolute Gasteiger partial charge is 0.317 e. The van der Waals surface area contributed by atoms with Crippen LogP contribution in [0.15, 0.2) is 42.5 Å². The zero-order chi connectivity index (χ0) is 20.9. The van der Waals surface area contributed by atoms with Gasteiger partial charge in [0.1, 0.15) is 17.4 Å². The lowest BCUT2D eigenvalue weighted by molar-refractivity contribution is 0.194. The number of nitrogens with one attached hydrogen (secondary N) is 1. The summed E-state index contributed by atoms with van der Waals surface area (Å²) in [7, 11) is 0. The van der Waals surface area contributed by atoms with E-state index in [1.54, 1.807) is 28.4 Å². The van der Waals surface area contributed by atoms with Gasteiger partial charge in [0, 0.05) is 39.1 Å². The summed E-state index contributed by atoms with van der Waals surface area (Å²) in [6, 6.07) is 14.6. The average molecular weight is 424 g/mol. The highest BCUT2D eigenvalue weighted by Crippen LogP contribution is 2.24. The molecule has 1 aromatic heterocycles. The summed E-state index contributed by atoms with van der Waals surface area (Å²) in [5, 5.41) is 13.3. The lowest BCUT2D eigenvalue weighted by Gasteiger charge is -2.36. The van der Waals surface area contributed by atoms with Crippen LogP contribution in [0.5, 0.6) is 0 Å². The Balaban J connectivity index is 1.23. The number of carbonyl (C=O) groups is 1. The van der Waals surface area contributed by atoms with Crippen LogP contribution in [0.25, 0.3) is 10.2 Å². The molecule has 1 fully saturated rings. The number of carbonyl (C=O) groups excluding carboxylic acids is 1. The second-order valence-corrected chi connectivity index (χ2v) is 8.25. The fourth-order valence-electron chi connectivity index (χ4n) is 3.61. The van der Waals surface area contributed by atoms with Gasteiger partial charge in [0.05, 0.1) is 20.9 Å². The van der Waals surface area contributed by atoms with Gasteiger partial charge in [-0.3, -0.25) is 0 Å². The van der Waals surface area contributed by atoms with E-state index >= 15 is 0 Å². The molecule has 154 valence electrons. The minimum atomic E-state index is -0.511. The zero-order valence-electron chi connectivity index (χ0n) is 16.5. The molecule has 0 unspecified atom stereocenters. The van der Waals surface area contributed by atoms with E-state index in [1.807, 2.05) is 29.2 Å². The number of halogens is 1. The van der Waals surface area contributed by atoms with Crippen molar-refractivity contribution >= 4 is 33.3 Å². The first-order valence-electron chi connectivity index (χ1n) is 9.96. The van der Waals surface area contributed by atoms with Gasteiger partial charge in [-0.25, -0.2) is 14.2 Å². The molecular weight excluding hydrogens is 401 g/mol. The number of urea groups is 1. The Hall–Kier alpha value is -3.18. The van der Waals surface area contributed by atoms with E-state index in [2.05, 4.69) is 16.4 Å². The fourth-order valence-corrected chi connectivity index (χ4v) is 4.62. The summed E-state index contributed by atoms with van der Waals surface area (Å²) in [6.07, 6.45) is 1.67. The largest absolute Gasteiger partial charge is 0.367 e. The number of benzene rings is 2. The van der Waals surface area contributed by atoms with E-state index in [4.69, 9.17) is 0 Å². The number of aryl methyl sites for hydroxylation is 1. The van der Waals surface area contributed by atoms with Crippen molar-refractivity contribution in [1.29, 1.82) is 5.26 Å². The summed E-state index contributed by atoms with van der Waals surface area (Å²) in [5.41, 5.74) is 1.68. The number of hydrogen-bond donors (Lipinski definition) is 1. The molecule has 0 spiro atoms. The monoisotopic (exact) mass is 423 g/mol. The Morgan fingerprint density at radius 2 is 1.97 bits per heavy atom. The number of nitrogens with zero attached hydrogens (tertiary/aromatic N) is 4. The Labute approximate surface area is 178 Å². The maximum atomic E-state index is 13.8. The summed E-state index contributed by atoms with van der Waals surface area (Å²) < 4.78 is 15.0. The molecule has 30 heavy (non-hydrogen) atoms. The average Bonchev–Trinajstić information content (AvgIpc) is 3.19. The predicted octanol–water partition coefficient (Wildman–Crippen LogP) is 3.77. The van der Waals surface area contributed by atoms with Crippen LogP contribution in [0.4, 0.5) is 14.9 Å². The standard InChI is InChI=1S/C22H22FN5OS/c23-17-5-3-7-19(16(17)15-24)27-11-13-28(14-12-27)22(29)25-10-4-9-21-26-18-6-1-2-8-20(18)30-21/h1-3,5-8H,4,9-14H2,(H,25,29). The number of thiazole rings is 1. The molecule has 1 saturated heterocycles. The van der Waals surface area contributed by atoms with Gasteiger partial charge in [-0.15, -0.1) is 11.3 Å². The molecule has 2 amide bonds. The summed E-state index contributed by atoms with van der Waals surface area (Å²) in [6.45, 7) is 2.79. The van der Waals surface area contributed by atoms with Crippen molar-refractivity contribution in [3.05, 3.63) is 58.9 Å². The van der Waals surface area contributed by atoms with E-state index < -0.39 is 5.82 Å². The Morgan fingerprint density at radius 3 is 2.73 bits per heavy atom. The number of anilines is 1. The van der Waals surface area contributed by atoms with Crippen molar-refractivity contribution < 1.29 is 9.18 Å². The Bertz CT molecular complexity index is 1050. The molecule has 6 nitrogen and oxygen atoms in total. The third kappa shape index (κ3) is 4.36. The van der Waals surface area contributed by atoms with Gasteiger partial charge in [-0.1, -0.05) is 18.2 Å². The Morgan fingerprint density at radius 1 is 1.17 bits per heavy atom. The topological polar surface area (TPSA) is 72.3 Å². The number of hydrogen-bond acceptors (Lipinski definition) is 5. The lowest BCUT2D eigenvalue weighted by atomic mass is 10.1. The van der Waals surface area contributed by atoms with Gasteiger partial charge < -0.3 is 15.1 Å². The molecule has 4 rings (SSSR count). The number of fused-ring (bicyclic) bond motifs is 1. The van der Waals surface area contributed by atoms with Crippen LogP contribution in [-0.4, -0.2) is 48.6 Å². The van der Waals surface area contributed by atoms with Crippen molar-refractivity contribution in [1.82, 2.24) is 15.2 Å². The molecule has 2 heterocycles. The van der Waals surface area contributed by atoms with Crippen molar-refractivity contribution in [2.75, 3.05) is 37.6 Å². The molecule has 8 heteroatoms. The second-order valence-electron chi connectivity index (χ2n) is 7.13. The Kier molecular flexibility index (Phi) is 6.10. The van der Waals surface area contributed by atoms with E-state index in [0.29, 0.717) is 38.4 Å². The lowest BCUT2D eigenvalue weighted by Crippen LogP contribution is -2.52. The third-order valence-corrected chi connectivity index (χ3v) is 6.29. The van der Waals surface area contributed by atoms with E-state index in [1.165, 1.54) is 10.8 Å². The molecule has 0 radical (unpaired) electrons. The number of para-hydroxylation sites is 1. The molecule has 0 atom stereocenters. The highest BCUT2D eigenvalue weighted by atomic mass is 32.1. The van der Waals surface area contributed by atoms with Gasteiger partial charge in [-0.05, 0) is 30.7 Å². The van der Waals surface area contributed by atoms with Crippen molar-refractivity contribution in [3.63, 3.8) is 0 Å². The quantitative estimate of drug-likeness (QED) is 0.634. The van der Waals surface area contributed by atoms with Crippen molar-refractivity contribution in [2.45, 2.75) is 12.8 Å². The molecule has 0 bridgehead atoms. The first-order valence-corrected chi connectivity index (χ1v) is 10.8. The number of rotatable bonds is 5. The minimum Gasteiger partial charge on any atom is -0.367 e. The molecule has 0 aliphatic carbocycles. The number of piperazine rings is 1. The van der Waals surface area contributed by atoms with E-state index in [9.17, 15) is 14.4 Å². The normalized spacial score (nSPS) is 14.0.